The minimum absolute atomic E-state index is 0.127. The van der Waals surface area contributed by atoms with Crippen LogP contribution in [0.4, 0.5) is 11.4 Å². The number of nitrogens with zero attached hydrogens (tertiary/aromatic N) is 1. The minimum Gasteiger partial charge on any atom is -0.380 e. The van der Waals surface area contributed by atoms with E-state index in [1.54, 1.807) is 19.2 Å². The van der Waals surface area contributed by atoms with Crippen molar-refractivity contribution in [1.82, 2.24) is 0 Å². The van der Waals surface area contributed by atoms with Crippen LogP contribution in [-0.4, -0.2) is 12.0 Å². The van der Waals surface area contributed by atoms with E-state index in [0.29, 0.717) is 12.2 Å². The van der Waals surface area contributed by atoms with Gasteiger partial charge in [0.05, 0.1) is 23.1 Å². The number of nitro benzene ring substituents is 1. The summed E-state index contributed by atoms with van der Waals surface area (Å²) in [6.45, 7) is 2.40. The van der Waals surface area contributed by atoms with Crippen molar-refractivity contribution in [2.45, 2.75) is 19.6 Å². The Morgan fingerprint density at radius 3 is 2.57 bits per heavy atom. The molecule has 21 heavy (non-hydrogen) atoms. The molecule has 0 bridgehead atoms. The Kier molecular flexibility index (Phi) is 4.90. The lowest BCUT2D eigenvalue weighted by molar-refractivity contribution is -0.385. The Labute approximate surface area is 123 Å². The van der Waals surface area contributed by atoms with Crippen LogP contribution >= 0.6 is 0 Å². The second-order valence-electron chi connectivity index (χ2n) is 4.77. The zero-order valence-electron chi connectivity index (χ0n) is 12.1. The van der Waals surface area contributed by atoms with Crippen LogP contribution in [0.15, 0.2) is 48.5 Å². The summed E-state index contributed by atoms with van der Waals surface area (Å²) in [5, 5.41) is 14.4. The van der Waals surface area contributed by atoms with Crippen molar-refractivity contribution in [3.05, 3.63) is 69.8 Å². The summed E-state index contributed by atoms with van der Waals surface area (Å²) in [7, 11) is 1.64. The van der Waals surface area contributed by atoms with Crippen molar-refractivity contribution in [3.63, 3.8) is 0 Å². The highest BCUT2D eigenvalue weighted by molar-refractivity contribution is 5.54. The van der Waals surface area contributed by atoms with Crippen LogP contribution in [0, 0.1) is 10.1 Å². The van der Waals surface area contributed by atoms with Gasteiger partial charge in [-0.25, -0.2) is 0 Å². The van der Waals surface area contributed by atoms with Crippen molar-refractivity contribution >= 4 is 11.4 Å². The molecule has 5 heteroatoms. The lowest BCUT2D eigenvalue weighted by Gasteiger charge is -2.18. The number of anilines is 1. The number of methoxy groups -OCH3 is 1. The summed E-state index contributed by atoms with van der Waals surface area (Å²) in [5.41, 5.74) is 2.73. The first kappa shape index (κ1) is 15.0. The SMILES string of the molecule is COCc1ccccc1NC(C)c1ccccc1[N+](=O)[O-]. The summed E-state index contributed by atoms with van der Waals surface area (Å²) in [4.78, 5) is 10.8. The molecule has 0 fully saturated rings. The molecule has 0 aromatic heterocycles. The van der Waals surface area contributed by atoms with Crippen LogP contribution in [-0.2, 0) is 11.3 Å². The van der Waals surface area contributed by atoms with Gasteiger partial charge in [-0.2, -0.15) is 0 Å². The lowest BCUT2D eigenvalue weighted by Crippen LogP contribution is -2.10. The maximum Gasteiger partial charge on any atom is 0.274 e. The Bertz CT molecular complexity index is 628. The number of ether oxygens (including phenoxy) is 1. The Balaban J connectivity index is 2.26. The smallest absolute Gasteiger partial charge is 0.274 e. The molecular formula is C16H18N2O3. The maximum absolute atomic E-state index is 11.1. The van der Waals surface area contributed by atoms with Gasteiger partial charge in [0.2, 0.25) is 0 Å². The van der Waals surface area contributed by atoms with Gasteiger partial charge in [0.15, 0.2) is 0 Å². The van der Waals surface area contributed by atoms with Crippen molar-refractivity contribution in [1.29, 1.82) is 0 Å². The van der Waals surface area contributed by atoms with Crippen LogP contribution < -0.4 is 5.32 Å². The number of para-hydroxylation sites is 2. The van der Waals surface area contributed by atoms with Crippen LogP contribution in [0.1, 0.15) is 24.1 Å². The van der Waals surface area contributed by atoms with Gasteiger partial charge >= 0.3 is 0 Å². The predicted octanol–water partition coefficient (Wildman–Crippen LogP) is 3.91. The van der Waals surface area contributed by atoms with E-state index in [9.17, 15) is 10.1 Å². The molecule has 0 aliphatic heterocycles. The van der Waals surface area contributed by atoms with Crippen molar-refractivity contribution in [3.8, 4) is 0 Å². The van der Waals surface area contributed by atoms with Crippen LogP contribution in [0.5, 0.6) is 0 Å². The zero-order chi connectivity index (χ0) is 15.2. The molecule has 1 N–H and O–H groups in total. The van der Waals surface area contributed by atoms with Crippen molar-refractivity contribution in [2.75, 3.05) is 12.4 Å². The average molecular weight is 286 g/mol. The second kappa shape index (κ2) is 6.85. The summed E-state index contributed by atoms with van der Waals surface area (Å²) in [6, 6.07) is 14.4. The average Bonchev–Trinajstić information content (AvgIpc) is 2.49. The molecule has 2 rings (SSSR count). The van der Waals surface area contributed by atoms with Gasteiger partial charge in [0.1, 0.15) is 0 Å². The van der Waals surface area contributed by atoms with Crippen LogP contribution in [0.3, 0.4) is 0 Å². The number of hydrogen-bond donors (Lipinski definition) is 1. The van der Waals surface area contributed by atoms with Gasteiger partial charge in [0, 0.05) is 24.4 Å². The van der Waals surface area contributed by atoms with E-state index >= 15 is 0 Å². The fraction of sp³-hybridized carbons (Fsp3) is 0.250. The molecule has 1 atom stereocenters. The standard InChI is InChI=1S/C16H18N2O3/c1-12(14-8-4-6-10-16(14)18(19)20)17-15-9-5-3-7-13(15)11-21-2/h3-10,12,17H,11H2,1-2H3. The van der Waals surface area contributed by atoms with E-state index in [4.69, 9.17) is 4.74 Å². The first-order valence-electron chi connectivity index (χ1n) is 6.70. The molecule has 0 aliphatic carbocycles. The highest BCUT2D eigenvalue weighted by Gasteiger charge is 2.18. The van der Waals surface area contributed by atoms with Gasteiger partial charge in [-0.1, -0.05) is 36.4 Å². The normalized spacial score (nSPS) is 11.9. The van der Waals surface area contributed by atoms with Crippen LogP contribution in [0.25, 0.3) is 0 Å². The Morgan fingerprint density at radius 2 is 1.86 bits per heavy atom. The third-order valence-electron chi connectivity index (χ3n) is 3.29. The molecule has 5 nitrogen and oxygen atoms in total. The van der Waals surface area contributed by atoms with Crippen molar-refractivity contribution < 1.29 is 9.66 Å². The van der Waals surface area contributed by atoms with Gasteiger partial charge in [-0.05, 0) is 13.0 Å². The number of benzene rings is 2. The highest BCUT2D eigenvalue weighted by Crippen LogP contribution is 2.28. The highest BCUT2D eigenvalue weighted by atomic mass is 16.6. The van der Waals surface area contributed by atoms with Gasteiger partial charge < -0.3 is 10.1 Å². The fourth-order valence-corrected chi connectivity index (χ4v) is 2.27. The third kappa shape index (κ3) is 3.58. The summed E-state index contributed by atoms with van der Waals surface area (Å²) < 4.78 is 5.17. The topological polar surface area (TPSA) is 64.4 Å². The molecule has 0 heterocycles. The maximum atomic E-state index is 11.1. The predicted molar refractivity (Wildman–Crippen MR) is 82.3 cm³/mol. The van der Waals surface area contributed by atoms with Gasteiger partial charge in [-0.15, -0.1) is 0 Å². The molecule has 0 radical (unpaired) electrons. The molecular weight excluding hydrogens is 268 g/mol. The summed E-state index contributed by atoms with van der Waals surface area (Å²) in [5.74, 6) is 0. The van der Waals surface area contributed by atoms with E-state index in [2.05, 4.69) is 5.32 Å². The van der Waals surface area contributed by atoms with E-state index in [-0.39, 0.29) is 16.7 Å². The number of nitrogens with one attached hydrogen (secondary N) is 1. The first-order valence-corrected chi connectivity index (χ1v) is 6.70. The van der Waals surface area contributed by atoms with Gasteiger partial charge in [-0.3, -0.25) is 10.1 Å². The van der Waals surface area contributed by atoms with Crippen LogP contribution in [0.2, 0.25) is 0 Å². The molecule has 110 valence electrons. The first-order chi connectivity index (χ1) is 10.1. The lowest BCUT2D eigenvalue weighted by atomic mass is 10.1. The molecule has 2 aromatic rings. The molecule has 0 spiro atoms. The van der Waals surface area contributed by atoms with Gasteiger partial charge in [0.25, 0.3) is 5.69 Å². The molecule has 0 amide bonds. The minimum atomic E-state index is -0.353. The number of hydrogen-bond acceptors (Lipinski definition) is 4. The largest absolute Gasteiger partial charge is 0.380 e. The van der Waals surface area contributed by atoms with E-state index < -0.39 is 0 Å². The monoisotopic (exact) mass is 286 g/mol. The fourth-order valence-electron chi connectivity index (χ4n) is 2.27. The third-order valence-corrected chi connectivity index (χ3v) is 3.29. The van der Waals surface area contributed by atoms with E-state index in [0.717, 1.165) is 11.3 Å². The van der Waals surface area contributed by atoms with E-state index in [1.807, 2.05) is 37.3 Å². The zero-order valence-corrected chi connectivity index (χ0v) is 12.1. The summed E-state index contributed by atoms with van der Waals surface area (Å²) in [6.07, 6.45) is 0. The number of rotatable bonds is 6. The quantitative estimate of drug-likeness (QED) is 0.646. The molecule has 0 saturated carbocycles. The molecule has 2 aromatic carbocycles. The Hall–Kier alpha value is -2.40. The second-order valence-corrected chi connectivity index (χ2v) is 4.77. The number of nitro groups is 1. The molecule has 0 aliphatic rings. The molecule has 0 saturated heterocycles. The Morgan fingerprint density at radius 1 is 1.19 bits per heavy atom. The summed E-state index contributed by atoms with van der Waals surface area (Å²) >= 11 is 0. The molecule has 1 unspecified atom stereocenters. The van der Waals surface area contributed by atoms with Crippen molar-refractivity contribution in [2.24, 2.45) is 0 Å². The van der Waals surface area contributed by atoms with E-state index in [1.165, 1.54) is 6.07 Å².